The molecule has 0 saturated carbocycles. The quantitative estimate of drug-likeness (QED) is 0.639. The van der Waals surface area contributed by atoms with E-state index in [-0.39, 0.29) is 12.0 Å². The number of rotatable bonds is 3. The van der Waals surface area contributed by atoms with Crippen molar-refractivity contribution in [3.8, 4) is 5.75 Å². The lowest BCUT2D eigenvalue weighted by Crippen LogP contribution is -2.35. The van der Waals surface area contributed by atoms with E-state index >= 15 is 0 Å². The van der Waals surface area contributed by atoms with Gasteiger partial charge in [0.1, 0.15) is 11.6 Å². The molecule has 0 spiro atoms. The summed E-state index contributed by atoms with van der Waals surface area (Å²) in [6.45, 7) is 0.405. The van der Waals surface area contributed by atoms with Crippen LogP contribution in [-0.2, 0) is 4.79 Å². The maximum atomic E-state index is 13.9. The zero-order valence-electron chi connectivity index (χ0n) is 12.2. The molecule has 1 aromatic rings. The van der Waals surface area contributed by atoms with Crippen LogP contribution in [0, 0.1) is 11.7 Å². The van der Waals surface area contributed by atoms with E-state index in [0.29, 0.717) is 19.0 Å². The molecule has 0 aliphatic carbocycles. The Morgan fingerprint density at radius 1 is 1.39 bits per heavy atom. The van der Waals surface area contributed by atoms with Crippen molar-refractivity contribution in [1.82, 2.24) is 5.32 Å². The summed E-state index contributed by atoms with van der Waals surface area (Å²) in [7, 11) is 0. The highest BCUT2D eigenvalue weighted by molar-refractivity contribution is 6.15. The number of hydrogen-bond acceptors (Lipinski definition) is 3. The molecule has 1 fully saturated rings. The van der Waals surface area contributed by atoms with Crippen LogP contribution in [0.3, 0.4) is 0 Å². The number of halogens is 5. The molecule has 0 aromatic heterocycles. The van der Waals surface area contributed by atoms with E-state index < -0.39 is 35.9 Å². The SMILES string of the molecule is CCl.O=C(O)C1CCNC(c2ccc(OC(F)(F)F)cc2F)C1. The fraction of sp³-hybridized carbons (Fsp3) is 0.500. The number of aliphatic carboxylic acids is 1. The molecule has 2 unspecified atom stereocenters. The average molecular weight is 358 g/mol. The van der Waals surface area contributed by atoms with E-state index in [9.17, 15) is 22.4 Å². The van der Waals surface area contributed by atoms with Crippen molar-refractivity contribution in [2.45, 2.75) is 25.2 Å². The molecule has 2 rings (SSSR count). The summed E-state index contributed by atoms with van der Waals surface area (Å²) in [5, 5.41) is 11.9. The van der Waals surface area contributed by atoms with Crippen LogP contribution < -0.4 is 10.1 Å². The summed E-state index contributed by atoms with van der Waals surface area (Å²) in [6, 6.07) is 2.30. The number of carbonyl (C=O) groups is 1. The first-order chi connectivity index (χ1) is 10.8. The summed E-state index contributed by atoms with van der Waals surface area (Å²) in [5.41, 5.74) is 0.135. The first-order valence-electron chi connectivity index (χ1n) is 6.65. The molecular weight excluding hydrogens is 342 g/mol. The smallest absolute Gasteiger partial charge is 0.481 e. The molecule has 1 aliphatic rings. The largest absolute Gasteiger partial charge is 0.573 e. The monoisotopic (exact) mass is 357 g/mol. The molecule has 4 nitrogen and oxygen atoms in total. The molecular formula is C14H16ClF4NO3. The number of piperidine rings is 1. The highest BCUT2D eigenvalue weighted by Crippen LogP contribution is 2.31. The van der Waals surface area contributed by atoms with Crippen LogP contribution in [-0.4, -0.2) is 30.4 Å². The minimum atomic E-state index is -4.88. The van der Waals surface area contributed by atoms with Gasteiger partial charge in [-0.2, -0.15) is 0 Å². The molecule has 23 heavy (non-hydrogen) atoms. The number of hydrogen-bond donors (Lipinski definition) is 2. The third kappa shape index (κ3) is 5.87. The summed E-state index contributed by atoms with van der Waals surface area (Å²) >= 11 is 4.64. The maximum Gasteiger partial charge on any atom is 0.573 e. The number of ether oxygens (including phenoxy) is 1. The molecule has 1 aliphatic heterocycles. The Labute approximate surface area is 135 Å². The van der Waals surface area contributed by atoms with Crippen molar-refractivity contribution >= 4 is 17.6 Å². The van der Waals surface area contributed by atoms with E-state index in [0.717, 1.165) is 6.07 Å². The van der Waals surface area contributed by atoms with Crippen molar-refractivity contribution < 1.29 is 32.2 Å². The van der Waals surface area contributed by atoms with Crippen LogP contribution >= 0.6 is 11.6 Å². The van der Waals surface area contributed by atoms with Gasteiger partial charge in [-0.1, -0.05) is 6.07 Å². The van der Waals surface area contributed by atoms with Crippen molar-refractivity contribution in [2.75, 3.05) is 12.9 Å². The van der Waals surface area contributed by atoms with E-state index in [4.69, 9.17) is 5.11 Å². The van der Waals surface area contributed by atoms with Crippen LogP contribution in [0.15, 0.2) is 18.2 Å². The van der Waals surface area contributed by atoms with Crippen LogP contribution in [0.1, 0.15) is 24.4 Å². The van der Waals surface area contributed by atoms with Gasteiger partial charge in [-0.25, -0.2) is 4.39 Å². The van der Waals surface area contributed by atoms with E-state index in [2.05, 4.69) is 21.7 Å². The molecule has 0 amide bonds. The minimum absolute atomic E-state index is 0.135. The molecule has 1 heterocycles. The van der Waals surface area contributed by atoms with Gasteiger partial charge in [-0.15, -0.1) is 24.8 Å². The Balaban J connectivity index is 0.00000127. The van der Waals surface area contributed by atoms with Crippen LogP contribution in [0.25, 0.3) is 0 Å². The second-order valence-electron chi connectivity index (χ2n) is 4.80. The van der Waals surface area contributed by atoms with Crippen molar-refractivity contribution in [3.05, 3.63) is 29.6 Å². The molecule has 2 atom stereocenters. The predicted octanol–water partition coefficient (Wildman–Crippen LogP) is 3.70. The lowest BCUT2D eigenvalue weighted by molar-refractivity contribution is -0.274. The highest BCUT2D eigenvalue weighted by atomic mass is 35.5. The van der Waals surface area contributed by atoms with Gasteiger partial charge in [-0.3, -0.25) is 4.79 Å². The van der Waals surface area contributed by atoms with Gasteiger partial charge in [0, 0.05) is 24.1 Å². The van der Waals surface area contributed by atoms with Crippen LogP contribution in [0.4, 0.5) is 17.6 Å². The summed E-state index contributed by atoms with van der Waals surface area (Å²) < 4.78 is 53.7. The number of benzene rings is 1. The lowest BCUT2D eigenvalue weighted by Gasteiger charge is -2.28. The highest BCUT2D eigenvalue weighted by Gasteiger charge is 2.32. The van der Waals surface area contributed by atoms with Crippen molar-refractivity contribution in [3.63, 3.8) is 0 Å². The van der Waals surface area contributed by atoms with E-state index in [1.807, 2.05) is 0 Å². The number of carboxylic acid groups (broad SMARTS) is 1. The standard InChI is InChI=1S/C13H13F4NO3.CH3Cl/c14-10-6-8(21-13(15,16)17)1-2-9(10)11-5-7(12(19)20)3-4-18-11;1-2/h1-2,6-7,11,18H,3-5H2,(H,19,20);1H3. The van der Waals surface area contributed by atoms with E-state index in [1.54, 1.807) is 0 Å². The minimum Gasteiger partial charge on any atom is -0.481 e. The summed E-state index contributed by atoms with van der Waals surface area (Å²) in [4.78, 5) is 11.0. The fourth-order valence-electron chi connectivity index (χ4n) is 2.37. The Hall–Kier alpha value is -1.54. The summed E-state index contributed by atoms with van der Waals surface area (Å²) in [5.74, 6) is -3.06. The van der Waals surface area contributed by atoms with Gasteiger partial charge in [0.15, 0.2) is 0 Å². The molecule has 1 aromatic carbocycles. The molecule has 2 N–H and O–H groups in total. The zero-order valence-corrected chi connectivity index (χ0v) is 12.9. The van der Waals surface area contributed by atoms with Gasteiger partial charge in [0.2, 0.25) is 0 Å². The second-order valence-corrected chi connectivity index (χ2v) is 4.80. The molecule has 0 bridgehead atoms. The van der Waals surface area contributed by atoms with Gasteiger partial charge < -0.3 is 15.2 Å². The van der Waals surface area contributed by atoms with Crippen LogP contribution in [0.5, 0.6) is 5.75 Å². The normalized spacial score (nSPS) is 21.1. The van der Waals surface area contributed by atoms with Gasteiger partial charge >= 0.3 is 12.3 Å². The van der Waals surface area contributed by atoms with Gasteiger partial charge in [0.25, 0.3) is 0 Å². The topological polar surface area (TPSA) is 58.6 Å². The Morgan fingerprint density at radius 3 is 2.57 bits per heavy atom. The second kappa shape index (κ2) is 8.35. The van der Waals surface area contributed by atoms with Crippen molar-refractivity contribution in [2.24, 2.45) is 5.92 Å². The third-order valence-corrected chi connectivity index (χ3v) is 3.33. The fourth-order valence-corrected chi connectivity index (χ4v) is 2.37. The molecule has 130 valence electrons. The maximum absolute atomic E-state index is 13.9. The van der Waals surface area contributed by atoms with Crippen LogP contribution in [0.2, 0.25) is 0 Å². The average Bonchev–Trinajstić information content (AvgIpc) is 2.48. The summed E-state index contributed by atoms with van der Waals surface area (Å²) in [6.07, 6.45) is -2.79. The number of alkyl halides is 4. The molecule has 9 heteroatoms. The van der Waals surface area contributed by atoms with Crippen molar-refractivity contribution in [1.29, 1.82) is 0 Å². The van der Waals surface area contributed by atoms with Gasteiger partial charge in [-0.05, 0) is 25.5 Å². The molecule has 0 radical (unpaired) electrons. The Kier molecular flexibility index (Phi) is 7.08. The number of carboxylic acids is 1. The Bertz CT molecular complexity index is 539. The lowest BCUT2D eigenvalue weighted by atomic mass is 9.88. The predicted molar refractivity (Wildman–Crippen MR) is 76.0 cm³/mol. The molecule has 1 saturated heterocycles. The first kappa shape index (κ1) is 19.5. The first-order valence-corrected chi connectivity index (χ1v) is 7.41. The zero-order chi connectivity index (χ0) is 17.6. The Morgan fingerprint density at radius 2 is 2.04 bits per heavy atom. The number of nitrogens with one attached hydrogen (secondary N) is 1. The van der Waals surface area contributed by atoms with Gasteiger partial charge in [0.05, 0.1) is 5.92 Å². The van der Waals surface area contributed by atoms with E-state index in [1.165, 1.54) is 12.4 Å². The third-order valence-electron chi connectivity index (χ3n) is 3.33.